The minimum absolute atomic E-state index is 0.145. The smallest absolute Gasteiger partial charge is 0.170 e. The fourth-order valence-electron chi connectivity index (χ4n) is 3.98. The lowest BCUT2D eigenvalue weighted by atomic mass is 10.1. The van der Waals surface area contributed by atoms with E-state index in [2.05, 4.69) is 22.5 Å². The Bertz CT molecular complexity index is 1100. The van der Waals surface area contributed by atoms with Gasteiger partial charge in [-0.2, -0.15) is 0 Å². The molecule has 8 nitrogen and oxygen atoms in total. The van der Waals surface area contributed by atoms with Crippen molar-refractivity contribution in [3.8, 4) is 11.4 Å². The molecule has 0 spiro atoms. The first-order valence-corrected chi connectivity index (χ1v) is 13.1. The van der Waals surface area contributed by atoms with Crippen LogP contribution in [-0.4, -0.2) is 62.1 Å². The first-order chi connectivity index (χ1) is 15.2. The molecule has 1 saturated heterocycles. The van der Waals surface area contributed by atoms with Crippen molar-refractivity contribution in [3.63, 3.8) is 0 Å². The first-order valence-electron chi connectivity index (χ1n) is 10.8. The molecule has 2 heterocycles. The lowest BCUT2D eigenvalue weighted by Gasteiger charge is -2.34. The van der Waals surface area contributed by atoms with Crippen LogP contribution in [0, 0.1) is 0 Å². The summed E-state index contributed by atoms with van der Waals surface area (Å²) in [7, 11) is -3.29. The monoisotopic (exact) mass is 475 g/mol. The van der Waals surface area contributed by atoms with Crippen LogP contribution in [0.5, 0.6) is 0 Å². The maximum absolute atomic E-state index is 12.6. The maximum atomic E-state index is 12.6. The fourth-order valence-corrected chi connectivity index (χ4v) is 5.57. The number of thiocarbonyl (C=S) groups is 1. The molecule has 32 heavy (non-hydrogen) atoms. The molecule has 4 rings (SSSR count). The van der Waals surface area contributed by atoms with Gasteiger partial charge >= 0.3 is 0 Å². The summed E-state index contributed by atoms with van der Waals surface area (Å²) < 4.78 is 29.9. The Labute approximate surface area is 194 Å². The Hall–Kier alpha value is -2.30. The van der Waals surface area contributed by atoms with Gasteiger partial charge < -0.3 is 20.3 Å². The predicted molar refractivity (Wildman–Crippen MR) is 131 cm³/mol. The molecule has 1 aliphatic carbocycles. The molecule has 0 radical (unpaired) electrons. The molecule has 2 aliphatic rings. The molecule has 10 heteroatoms. The third-order valence-corrected chi connectivity index (χ3v) is 8.28. The molecular formula is C22H29N5O3S2. The van der Waals surface area contributed by atoms with Gasteiger partial charge in [0.2, 0.25) is 0 Å². The number of rotatable bonds is 6. The summed E-state index contributed by atoms with van der Waals surface area (Å²) in [5.74, 6) is 1.26. The van der Waals surface area contributed by atoms with Gasteiger partial charge in [-0.15, -0.1) is 0 Å². The van der Waals surface area contributed by atoms with E-state index in [1.165, 1.54) is 6.26 Å². The average Bonchev–Trinajstić information content (AvgIpc) is 3.57. The number of nitrogens with one attached hydrogen (secondary N) is 2. The highest BCUT2D eigenvalue weighted by molar-refractivity contribution is 7.92. The number of aromatic nitrogens is 2. The van der Waals surface area contributed by atoms with E-state index in [1.54, 1.807) is 0 Å². The van der Waals surface area contributed by atoms with Crippen LogP contribution < -0.4 is 15.5 Å². The second-order valence-corrected chi connectivity index (χ2v) is 11.1. The summed E-state index contributed by atoms with van der Waals surface area (Å²) in [4.78, 5) is 11.7. The highest BCUT2D eigenvalue weighted by Gasteiger charge is 2.55. The highest BCUT2D eigenvalue weighted by Crippen LogP contribution is 2.52. The molecule has 2 fully saturated rings. The van der Waals surface area contributed by atoms with Crippen LogP contribution in [0.15, 0.2) is 30.3 Å². The first kappa shape index (κ1) is 22.9. The summed E-state index contributed by atoms with van der Waals surface area (Å²) >= 11 is 5.24. The van der Waals surface area contributed by atoms with Crippen molar-refractivity contribution in [2.75, 3.05) is 42.8 Å². The van der Waals surface area contributed by atoms with E-state index >= 15 is 0 Å². The van der Waals surface area contributed by atoms with Gasteiger partial charge in [-0.05, 0) is 63.2 Å². The Morgan fingerprint density at radius 2 is 2.00 bits per heavy atom. The molecule has 1 aliphatic heterocycles. The minimum Gasteiger partial charge on any atom is -0.377 e. The number of hydrogen-bond donors (Lipinski definition) is 2. The van der Waals surface area contributed by atoms with Gasteiger partial charge in [-0.25, -0.2) is 18.4 Å². The topological polar surface area (TPSA) is 96.5 Å². The molecule has 1 aromatic heterocycles. The molecular weight excluding hydrogens is 446 g/mol. The quantitative estimate of drug-likeness (QED) is 0.611. The summed E-state index contributed by atoms with van der Waals surface area (Å²) in [6.45, 7) is 6.73. The molecule has 1 atom stereocenters. The molecule has 172 valence electrons. The standard InChI is InChI=1S/C22H29N5O3S2/c1-4-23-21(31)24-17-7-5-16(6-8-17)20-25-18(22(9-10-22)32(3,28)29)13-19(26-20)27-11-12-30-14-15(27)2/h5-8,13,15H,4,9-12,14H2,1-3H3,(H2,23,24,31)/t15-/m0/s1. The van der Waals surface area contributed by atoms with Crippen molar-refractivity contribution in [1.29, 1.82) is 0 Å². The van der Waals surface area contributed by atoms with Gasteiger partial charge in [-0.1, -0.05) is 0 Å². The second-order valence-electron chi connectivity index (χ2n) is 8.38. The predicted octanol–water partition coefficient (Wildman–Crippen LogP) is 2.71. The Morgan fingerprint density at radius 3 is 2.59 bits per heavy atom. The number of morpholine rings is 1. The Balaban J connectivity index is 1.72. The molecule has 0 unspecified atom stereocenters. The van der Waals surface area contributed by atoms with Crippen LogP contribution in [0.25, 0.3) is 11.4 Å². The SMILES string of the molecule is CCNC(=S)Nc1ccc(-c2nc(N3CCOC[C@@H]3C)cc(C3(S(C)(=O)=O)CC3)n2)cc1. The number of anilines is 2. The second kappa shape index (κ2) is 8.92. The normalized spacial score (nSPS) is 20.0. The van der Waals surface area contributed by atoms with Crippen LogP contribution in [0.4, 0.5) is 11.5 Å². The Kier molecular flexibility index (Phi) is 6.37. The number of nitrogens with zero attached hydrogens (tertiary/aromatic N) is 3. The fraction of sp³-hybridized carbons (Fsp3) is 0.500. The largest absolute Gasteiger partial charge is 0.377 e. The van der Waals surface area contributed by atoms with Crippen LogP contribution in [0.2, 0.25) is 0 Å². The van der Waals surface area contributed by atoms with Gasteiger partial charge in [0.1, 0.15) is 10.6 Å². The van der Waals surface area contributed by atoms with E-state index < -0.39 is 14.6 Å². The summed E-state index contributed by atoms with van der Waals surface area (Å²) in [6, 6.07) is 9.66. The molecule has 0 amide bonds. The number of benzene rings is 1. The average molecular weight is 476 g/mol. The van der Waals surface area contributed by atoms with Gasteiger partial charge in [0, 0.05) is 36.7 Å². The van der Waals surface area contributed by atoms with Crippen LogP contribution in [-0.2, 0) is 19.3 Å². The van der Waals surface area contributed by atoms with Gasteiger partial charge in [0.15, 0.2) is 20.8 Å². The molecule has 2 N–H and O–H groups in total. The zero-order valence-electron chi connectivity index (χ0n) is 18.6. The van der Waals surface area contributed by atoms with Crippen LogP contribution in [0.3, 0.4) is 0 Å². The maximum Gasteiger partial charge on any atom is 0.170 e. The molecule has 0 bridgehead atoms. The Morgan fingerprint density at radius 1 is 1.28 bits per heavy atom. The molecule has 2 aromatic rings. The van der Waals surface area contributed by atoms with Crippen molar-refractivity contribution in [2.24, 2.45) is 0 Å². The van der Waals surface area contributed by atoms with Gasteiger partial charge in [0.25, 0.3) is 0 Å². The van der Waals surface area contributed by atoms with Gasteiger partial charge in [0.05, 0.1) is 24.9 Å². The van der Waals surface area contributed by atoms with Crippen molar-refractivity contribution >= 4 is 38.7 Å². The summed E-state index contributed by atoms with van der Waals surface area (Å²) in [5.41, 5.74) is 2.25. The lowest BCUT2D eigenvalue weighted by molar-refractivity contribution is 0.0985. The highest BCUT2D eigenvalue weighted by atomic mass is 32.2. The molecule has 1 aromatic carbocycles. The van der Waals surface area contributed by atoms with Crippen molar-refractivity contribution in [2.45, 2.75) is 37.5 Å². The van der Waals surface area contributed by atoms with Gasteiger partial charge in [-0.3, -0.25) is 0 Å². The van der Waals surface area contributed by atoms with Crippen molar-refractivity contribution in [3.05, 3.63) is 36.0 Å². The van der Waals surface area contributed by atoms with E-state index in [1.807, 2.05) is 37.3 Å². The minimum atomic E-state index is -3.29. The summed E-state index contributed by atoms with van der Waals surface area (Å²) in [5, 5.41) is 6.75. The van der Waals surface area contributed by atoms with E-state index in [0.29, 0.717) is 49.2 Å². The zero-order chi connectivity index (χ0) is 22.9. The van der Waals surface area contributed by atoms with Crippen LogP contribution in [0.1, 0.15) is 32.4 Å². The number of ether oxygens (including phenoxy) is 1. The van der Waals surface area contributed by atoms with Crippen molar-refractivity contribution in [1.82, 2.24) is 15.3 Å². The van der Waals surface area contributed by atoms with E-state index in [4.69, 9.17) is 26.9 Å². The van der Waals surface area contributed by atoms with E-state index in [9.17, 15) is 8.42 Å². The molecule has 1 saturated carbocycles. The van der Waals surface area contributed by atoms with E-state index in [0.717, 1.165) is 23.6 Å². The summed E-state index contributed by atoms with van der Waals surface area (Å²) in [6.07, 6.45) is 2.47. The number of sulfone groups is 1. The number of hydrogen-bond acceptors (Lipinski definition) is 7. The third kappa shape index (κ3) is 4.57. The van der Waals surface area contributed by atoms with E-state index in [-0.39, 0.29) is 6.04 Å². The third-order valence-electron chi connectivity index (χ3n) is 5.99. The van der Waals surface area contributed by atoms with Crippen LogP contribution >= 0.6 is 12.2 Å². The zero-order valence-corrected chi connectivity index (χ0v) is 20.2. The van der Waals surface area contributed by atoms with Crippen molar-refractivity contribution < 1.29 is 13.2 Å². The lowest BCUT2D eigenvalue weighted by Crippen LogP contribution is -2.44.